The van der Waals surface area contributed by atoms with Gasteiger partial charge in [0, 0.05) is 26.2 Å². The number of rotatable bonds is 4. The van der Waals surface area contributed by atoms with Gasteiger partial charge in [-0.1, -0.05) is 30.3 Å². The Morgan fingerprint density at radius 3 is 2.96 bits per heavy atom. The molecule has 1 aromatic carbocycles. The number of H-pyrrole nitrogens is 1. The predicted molar refractivity (Wildman–Crippen MR) is 90.4 cm³/mol. The molecule has 0 saturated carbocycles. The fourth-order valence-electron chi connectivity index (χ4n) is 2.70. The number of nitrogens with zero attached hydrogens (tertiary/aromatic N) is 4. The molecule has 2 heterocycles. The van der Waals surface area contributed by atoms with E-state index < -0.39 is 0 Å². The summed E-state index contributed by atoms with van der Waals surface area (Å²) in [6, 6.07) is 11.9. The van der Waals surface area contributed by atoms with Crippen LogP contribution in [0.1, 0.15) is 12.1 Å². The number of benzene rings is 1. The highest BCUT2D eigenvalue weighted by atomic mass is 16.2. The number of hydrogen-bond acceptors (Lipinski definition) is 4. The maximum absolute atomic E-state index is 12.3. The Morgan fingerprint density at radius 2 is 2.25 bits per heavy atom. The van der Waals surface area contributed by atoms with E-state index in [-0.39, 0.29) is 5.91 Å². The van der Waals surface area contributed by atoms with E-state index in [1.807, 2.05) is 36.4 Å². The molecule has 122 valence electrons. The van der Waals surface area contributed by atoms with Gasteiger partial charge in [-0.3, -0.25) is 9.89 Å². The number of nitriles is 1. The monoisotopic (exact) mass is 321 g/mol. The van der Waals surface area contributed by atoms with Crippen LogP contribution in [0, 0.1) is 11.5 Å². The van der Waals surface area contributed by atoms with Crippen LogP contribution < -0.4 is 0 Å². The van der Waals surface area contributed by atoms with Gasteiger partial charge in [0.05, 0.1) is 17.9 Å². The van der Waals surface area contributed by atoms with Crippen molar-refractivity contribution in [1.82, 2.24) is 20.0 Å². The predicted octanol–water partition coefficient (Wildman–Crippen LogP) is 2.15. The van der Waals surface area contributed by atoms with Crippen molar-refractivity contribution in [3.05, 3.63) is 53.7 Å². The lowest BCUT2D eigenvalue weighted by atomic mass is 10.1. The van der Waals surface area contributed by atoms with E-state index >= 15 is 0 Å². The number of hydrogen-bond donors (Lipinski definition) is 1. The Hall–Kier alpha value is -3.07. The lowest BCUT2D eigenvalue weighted by Crippen LogP contribution is -2.25. The van der Waals surface area contributed by atoms with Crippen LogP contribution in [0.2, 0.25) is 0 Å². The highest BCUT2D eigenvalue weighted by molar-refractivity contribution is 5.88. The fourth-order valence-corrected chi connectivity index (χ4v) is 2.70. The van der Waals surface area contributed by atoms with Gasteiger partial charge >= 0.3 is 0 Å². The van der Waals surface area contributed by atoms with Crippen LogP contribution in [0.3, 0.4) is 0 Å². The van der Waals surface area contributed by atoms with Crippen LogP contribution in [0.4, 0.5) is 0 Å². The van der Waals surface area contributed by atoms with Crippen molar-refractivity contribution in [3.63, 3.8) is 0 Å². The first-order valence-corrected chi connectivity index (χ1v) is 7.84. The van der Waals surface area contributed by atoms with Gasteiger partial charge in [-0.25, -0.2) is 0 Å². The third-order valence-electron chi connectivity index (χ3n) is 4.06. The second-order valence-electron chi connectivity index (χ2n) is 5.91. The topological polar surface area (TPSA) is 76.0 Å². The standard InChI is InChI=1S/C18H19N5O/c1-22(18(24)9-14-7-8-23(11-14)13-19)12-16-10-17(21-20-16)15-5-3-2-4-6-15/h2-6,9-10H,7-8,11-12H2,1H3,(H,20,21). The minimum Gasteiger partial charge on any atom is -0.336 e. The summed E-state index contributed by atoms with van der Waals surface area (Å²) in [6.45, 7) is 1.68. The Balaban J connectivity index is 1.62. The summed E-state index contributed by atoms with van der Waals surface area (Å²) >= 11 is 0. The van der Waals surface area contributed by atoms with Crippen molar-refractivity contribution in [2.45, 2.75) is 13.0 Å². The molecule has 0 bridgehead atoms. The van der Waals surface area contributed by atoms with E-state index in [1.165, 1.54) is 0 Å². The molecule has 1 aromatic heterocycles. The molecule has 1 saturated heterocycles. The SMILES string of the molecule is CN(Cc1cc(-c2ccccc2)[nH]n1)C(=O)C=C1CCN(C#N)C1. The van der Waals surface area contributed by atoms with Crippen LogP contribution in [0.25, 0.3) is 11.3 Å². The van der Waals surface area contributed by atoms with Gasteiger partial charge in [-0.2, -0.15) is 10.4 Å². The number of carbonyl (C=O) groups is 1. The Morgan fingerprint density at radius 1 is 1.46 bits per heavy atom. The molecule has 0 spiro atoms. The first-order chi connectivity index (χ1) is 11.7. The zero-order chi connectivity index (χ0) is 16.9. The first-order valence-electron chi connectivity index (χ1n) is 7.84. The molecule has 1 N–H and O–H groups in total. The highest BCUT2D eigenvalue weighted by Crippen LogP contribution is 2.18. The minimum absolute atomic E-state index is 0.0611. The summed E-state index contributed by atoms with van der Waals surface area (Å²) in [6.07, 6.45) is 4.52. The van der Waals surface area contributed by atoms with Crippen LogP contribution in [-0.2, 0) is 11.3 Å². The largest absolute Gasteiger partial charge is 0.336 e. The molecular weight excluding hydrogens is 302 g/mol. The average Bonchev–Trinajstić information content (AvgIpc) is 3.25. The Kier molecular flexibility index (Phi) is 4.62. The van der Waals surface area contributed by atoms with Crippen LogP contribution in [0.5, 0.6) is 0 Å². The van der Waals surface area contributed by atoms with Gasteiger partial charge in [0.25, 0.3) is 0 Å². The summed E-state index contributed by atoms with van der Waals surface area (Å²) < 4.78 is 0. The molecule has 0 radical (unpaired) electrons. The zero-order valence-electron chi connectivity index (χ0n) is 13.6. The minimum atomic E-state index is -0.0611. The summed E-state index contributed by atoms with van der Waals surface area (Å²) in [5, 5.41) is 16.1. The first kappa shape index (κ1) is 15.8. The van der Waals surface area contributed by atoms with Gasteiger partial charge in [-0.15, -0.1) is 0 Å². The van der Waals surface area contributed by atoms with Crippen LogP contribution >= 0.6 is 0 Å². The molecule has 1 fully saturated rings. The maximum atomic E-state index is 12.3. The molecular formula is C18H19N5O. The van der Waals surface area contributed by atoms with Crippen LogP contribution in [-0.4, -0.2) is 46.0 Å². The molecule has 0 aliphatic carbocycles. The van der Waals surface area contributed by atoms with Gasteiger partial charge in [0.15, 0.2) is 6.19 Å². The third-order valence-corrected chi connectivity index (χ3v) is 4.06. The van der Waals surface area contributed by atoms with E-state index in [9.17, 15) is 4.79 Å². The van der Waals surface area contributed by atoms with Gasteiger partial charge in [0.2, 0.25) is 5.91 Å². The number of nitrogens with one attached hydrogen (secondary N) is 1. The van der Waals surface area contributed by atoms with E-state index in [0.717, 1.165) is 28.9 Å². The lowest BCUT2D eigenvalue weighted by Gasteiger charge is -2.13. The van der Waals surface area contributed by atoms with Gasteiger partial charge in [0.1, 0.15) is 0 Å². The van der Waals surface area contributed by atoms with E-state index in [1.54, 1.807) is 22.9 Å². The summed E-state index contributed by atoms with van der Waals surface area (Å²) in [4.78, 5) is 15.6. The molecule has 6 heteroatoms. The second-order valence-corrected chi connectivity index (χ2v) is 5.91. The molecule has 24 heavy (non-hydrogen) atoms. The molecule has 3 rings (SSSR count). The van der Waals surface area contributed by atoms with E-state index in [0.29, 0.717) is 19.6 Å². The molecule has 1 aliphatic heterocycles. The van der Waals surface area contributed by atoms with Gasteiger partial charge in [-0.05, 0) is 23.6 Å². The van der Waals surface area contributed by atoms with E-state index in [2.05, 4.69) is 16.4 Å². The molecule has 0 atom stereocenters. The molecule has 0 unspecified atom stereocenters. The quantitative estimate of drug-likeness (QED) is 0.691. The number of likely N-dealkylation sites (tertiary alicyclic amines) is 1. The molecule has 1 aliphatic rings. The van der Waals surface area contributed by atoms with Crippen LogP contribution in [0.15, 0.2) is 48.0 Å². The van der Waals surface area contributed by atoms with Crippen molar-refractivity contribution in [2.24, 2.45) is 0 Å². The van der Waals surface area contributed by atoms with Gasteiger partial charge < -0.3 is 9.80 Å². The van der Waals surface area contributed by atoms with Crippen molar-refractivity contribution >= 4 is 5.91 Å². The summed E-state index contributed by atoms with van der Waals surface area (Å²) in [5.74, 6) is -0.0611. The third kappa shape index (κ3) is 3.63. The number of aromatic nitrogens is 2. The maximum Gasteiger partial charge on any atom is 0.246 e. The van der Waals surface area contributed by atoms with E-state index in [4.69, 9.17) is 5.26 Å². The number of likely N-dealkylation sites (N-methyl/N-ethyl adjacent to an activating group) is 1. The number of amides is 1. The Bertz CT molecular complexity index is 787. The van der Waals surface area contributed by atoms with Crippen molar-refractivity contribution in [3.8, 4) is 17.5 Å². The van der Waals surface area contributed by atoms with Crippen molar-refractivity contribution < 1.29 is 4.79 Å². The summed E-state index contributed by atoms with van der Waals surface area (Å²) in [7, 11) is 1.76. The lowest BCUT2D eigenvalue weighted by molar-refractivity contribution is -0.125. The second kappa shape index (κ2) is 7.01. The smallest absolute Gasteiger partial charge is 0.246 e. The van der Waals surface area contributed by atoms with Crippen molar-refractivity contribution in [2.75, 3.05) is 20.1 Å². The average molecular weight is 321 g/mol. The van der Waals surface area contributed by atoms with Crippen molar-refractivity contribution in [1.29, 1.82) is 5.26 Å². The summed E-state index contributed by atoms with van der Waals surface area (Å²) in [5.41, 5.74) is 3.81. The number of carbonyl (C=O) groups excluding carboxylic acids is 1. The fraction of sp³-hybridized carbons (Fsp3) is 0.278. The Labute approximate surface area is 141 Å². The molecule has 6 nitrogen and oxygen atoms in total. The molecule has 1 amide bonds. The molecule has 2 aromatic rings. The highest BCUT2D eigenvalue weighted by Gasteiger charge is 2.17. The normalized spacial score (nSPS) is 15.5. The number of aromatic amines is 1. The zero-order valence-corrected chi connectivity index (χ0v) is 13.6.